The summed E-state index contributed by atoms with van der Waals surface area (Å²) in [4.78, 5) is 0. The van der Waals surface area contributed by atoms with Crippen LogP contribution in [0.4, 0.5) is 4.39 Å². The number of hydrogen-bond acceptors (Lipinski definition) is 0. The highest BCUT2D eigenvalue weighted by Gasteiger charge is 2.12. The van der Waals surface area contributed by atoms with Crippen LogP contribution in [0.5, 0.6) is 0 Å². The third-order valence-corrected chi connectivity index (χ3v) is 0.322. The molecular formula is C4H8FO. The number of hydrogen-bond donors (Lipinski definition) is 0. The van der Waals surface area contributed by atoms with Crippen LogP contribution in [-0.2, 0) is 5.11 Å². The molecule has 1 nitrogen and oxygen atoms in total. The largest absolute Gasteiger partial charge is 0.248 e. The van der Waals surface area contributed by atoms with Crippen molar-refractivity contribution in [2.24, 2.45) is 0 Å². The molecule has 37 valence electrons. The van der Waals surface area contributed by atoms with Gasteiger partial charge in [-0.15, -0.1) is 0 Å². The van der Waals surface area contributed by atoms with Crippen LogP contribution in [0.1, 0.15) is 13.8 Å². The molecule has 0 bridgehead atoms. The Labute approximate surface area is 36.8 Å². The second-order valence-electron chi connectivity index (χ2n) is 1.89. The molecule has 0 amide bonds. The fourth-order valence-corrected chi connectivity index (χ4v) is 0. The molecule has 0 spiro atoms. The van der Waals surface area contributed by atoms with Gasteiger partial charge in [-0.05, 0) is 13.8 Å². The van der Waals surface area contributed by atoms with Gasteiger partial charge in [0.15, 0.2) is 0 Å². The third kappa shape index (κ3) is 3.89. The van der Waals surface area contributed by atoms with Gasteiger partial charge in [0, 0.05) is 0 Å². The van der Waals surface area contributed by atoms with Crippen molar-refractivity contribution >= 4 is 0 Å². The van der Waals surface area contributed by atoms with E-state index >= 15 is 0 Å². The Morgan fingerprint density at radius 3 is 1.83 bits per heavy atom. The molecule has 0 aliphatic rings. The molecule has 0 aromatic carbocycles. The lowest BCUT2D eigenvalue weighted by atomic mass is 10.2. The van der Waals surface area contributed by atoms with Gasteiger partial charge in [-0.2, -0.15) is 0 Å². The highest BCUT2D eigenvalue weighted by molar-refractivity contribution is 4.59. The molecular weight excluding hydrogens is 83.0 g/mol. The van der Waals surface area contributed by atoms with E-state index in [4.69, 9.17) is 0 Å². The predicted molar refractivity (Wildman–Crippen MR) is 20.7 cm³/mol. The first-order valence-electron chi connectivity index (χ1n) is 1.82. The Morgan fingerprint density at radius 2 is 1.83 bits per heavy atom. The Morgan fingerprint density at radius 1 is 1.67 bits per heavy atom. The van der Waals surface area contributed by atoms with Crippen molar-refractivity contribution in [1.29, 1.82) is 0 Å². The van der Waals surface area contributed by atoms with Crippen molar-refractivity contribution < 1.29 is 9.50 Å². The second kappa shape index (κ2) is 1.56. The van der Waals surface area contributed by atoms with Crippen LogP contribution in [0.2, 0.25) is 0 Å². The average molecular weight is 91.1 g/mol. The van der Waals surface area contributed by atoms with Crippen LogP contribution >= 0.6 is 0 Å². The molecule has 0 aromatic rings. The van der Waals surface area contributed by atoms with Crippen molar-refractivity contribution in [2.75, 3.05) is 6.67 Å². The lowest BCUT2D eigenvalue weighted by Crippen LogP contribution is -2.18. The molecule has 0 aliphatic heterocycles. The zero-order chi connectivity index (χ0) is 5.21. The van der Waals surface area contributed by atoms with Crippen molar-refractivity contribution in [3.05, 3.63) is 0 Å². The normalized spacial score (nSPS) is 12.0. The maximum absolute atomic E-state index is 11.2. The monoisotopic (exact) mass is 91.1 g/mol. The summed E-state index contributed by atoms with van der Waals surface area (Å²) in [5, 5.41) is 10.1. The molecule has 0 rings (SSSR count). The molecule has 2 heteroatoms. The van der Waals surface area contributed by atoms with Gasteiger partial charge in [0.1, 0.15) is 12.3 Å². The van der Waals surface area contributed by atoms with Crippen LogP contribution in [0.25, 0.3) is 0 Å². The minimum atomic E-state index is -1.38. The van der Waals surface area contributed by atoms with E-state index in [1.54, 1.807) is 0 Å². The lowest BCUT2D eigenvalue weighted by Gasteiger charge is -2.04. The summed E-state index contributed by atoms with van der Waals surface area (Å²) in [5.41, 5.74) is -1.38. The van der Waals surface area contributed by atoms with Gasteiger partial charge in [0.05, 0.1) is 0 Å². The van der Waals surface area contributed by atoms with E-state index in [2.05, 4.69) is 0 Å². The van der Waals surface area contributed by atoms with Crippen LogP contribution in [0.3, 0.4) is 0 Å². The van der Waals surface area contributed by atoms with Gasteiger partial charge >= 0.3 is 0 Å². The zero-order valence-corrected chi connectivity index (χ0v) is 3.99. The summed E-state index contributed by atoms with van der Waals surface area (Å²) < 4.78 is 11.2. The summed E-state index contributed by atoms with van der Waals surface area (Å²) in [6.07, 6.45) is 0. The quantitative estimate of drug-likeness (QED) is 0.461. The van der Waals surface area contributed by atoms with Crippen molar-refractivity contribution in [3.8, 4) is 0 Å². The molecule has 0 atom stereocenters. The van der Waals surface area contributed by atoms with E-state index in [-0.39, 0.29) is 0 Å². The lowest BCUT2D eigenvalue weighted by molar-refractivity contribution is -0.0157. The summed E-state index contributed by atoms with van der Waals surface area (Å²) >= 11 is 0. The fourth-order valence-electron chi connectivity index (χ4n) is 0. The standard InChI is InChI=1S/C4H8FO/c1-4(2,6)3-5/h3H2,1-2H3. The van der Waals surface area contributed by atoms with E-state index in [1.807, 2.05) is 0 Å². The summed E-state index contributed by atoms with van der Waals surface area (Å²) in [5.74, 6) is 0. The van der Waals surface area contributed by atoms with Gasteiger partial charge < -0.3 is 0 Å². The maximum Gasteiger partial charge on any atom is 0.126 e. The zero-order valence-electron chi connectivity index (χ0n) is 3.99. The average Bonchev–Trinajstić information content (AvgIpc) is 1.35. The van der Waals surface area contributed by atoms with Gasteiger partial charge in [-0.3, -0.25) is 0 Å². The Hall–Kier alpha value is -0.110. The minimum Gasteiger partial charge on any atom is -0.248 e. The summed E-state index contributed by atoms with van der Waals surface area (Å²) in [6, 6.07) is 0. The molecule has 0 heterocycles. The van der Waals surface area contributed by atoms with Crippen molar-refractivity contribution in [3.63, 3.8) is 0 Å². The summed E-state index contributed by atoms with van der Waals surface area (Å²) in [6.45, 7) is 1.84. The molecule has 6 heavy (non-hydrogen) atoms. The van der Waals surface area contributed by atoms with E-state index in [1.165, 1.54) is 13.8 Å². The van der Waals surface area contributed by atoms with Gasteiger partial charge in [0.25, 0.3) is 0 Å². The van der Waals surface area contributed by atoms with E-state index in [0.717, 1.165) is 0 Å². The van der Waals surface area contributed by atoms with Crippen molar-refractivity contribution in [1.82, 2.24) is 0 Å². The molecule has 0 aromatic heterocycles. The van der Waals surface area contributed by atoms with E-state index < -0.39 is 12.3 Å². The van der Waals surface area contributed by atoms with Crippen LogP contribution in [-0.4, -0.2) is 12.3 Å². The van der Waals surface area contributed by atoms with E-state index in [0.29, 0.717) is 0 Å². The second-order valence-corrected chi connectivity index (χ2v) is 1.89. The Balaban J connectivity index is 3.17. The number of alkyl halides is 1. The van der Waals surface area contributed by atoms with Crippen LogP contribution in [0.15, 0.2) is 0 Å². The minimum absolute atomic E-state index is 0.785. The highest BCUT2D eigenvalue weighted by atomic mass is 19.1. The predicted octanol–water partition coefficient (Wildman–Crippen LogP) is 1.17. The first-order chi connectivity index (χ1) is 2.56. The molecule has 0 fully saturated rings. The highest BCUT2D eigenvalue weighted by Crippen LogP contribution is 1.99. The SMILES string of the molecule is CC(C)([O])CF. The molecule has 0 unspecified atom stereocenters. The van der Waals surface area contributed by atoms with Gasteiger partial charge in [-0.25, -0.2) is 9.50 Å². The molecule has 1 radical (unpaired) electrons. The Bertz CT molecular complexity index is 37.3. The Kier molecular flexibility index (Phi) is 1.53. The smallest absolute Gasteiger partial charge is 0.126 e. The van der Waals surface area contributed by atoms with Crippen LogP contribution in [0, 0.1) is 0 Å². The molecule has 0 N–H and O–H groups in total. The topological polar surface area (TPSA) is 19.9 Å². The summed E-state index contributed by atoms with van der Waals surface area (Å²) in [7, 11) is 0. The number of halogens is 1. The van der Waals surface area contributed by atoms with Gasteiger partial charge in [0.2, 0.25) is 0 Å². The maximum atomic E-state index is 11.2. The molecule has 0 aliphatic carbocycles. The first-order valence-corrected chi connectivity index (χ1v) is 1.82. The molecule has 0 saturated heterocycles. The van der Waals surface area contributed by atoms with Crippen molar-refractivity contribution in [2.45, 2.75) is 19.4 Å². The molecule has 0 saturated carbocycles. The van der Waals surface area contributed by atoms with E-state index in [9.17, 15) is 9.50 Å². The fraction of sp³-hybridized carbons (Fsp3) is 1.00. The van der Waals surface area contributed by atoms with Gasteiger partial charge in [-0.1, -0.05) is 0 Å². The third-order valence-electron chi connectivity index (χ3n) is 0.322. The number of rotatable bonds is 1. The van der Waals surface area contributed by atoms with Crippen LogP contribution < -0.4 is 0 Å². The first kappa shape index (κ1) is 5.89.